The molecule has 0 aromatic rings. The molecule has 4 nitrogen and oxygen atoms in total. The molecule has 0 aliphatic carbocycles. The number of halogens is 2. The first-order chi connectivity index (χ1) is 9.43. The summed E-state index contributed by atoms with van der Waals surface area (Å²) in [6, 6.07) is 0. The Balaban J connectivity index is 0.000000152. The van der Waals surface area contributed by atoms with Gasteiger partial charge in [0.15, 0.2) is 0 Å². The third-order valence-electron chi connectivity index (χ3n) is 3.70. The van der Waals surface area contributed by atoms with Crippen LogP contribution in [0.25, 0.3) is 0 Å². The summed E-state index contributed by atoms with van der Waals surface area (Å²) in [6.45, 7) is 6.47. The lowest BCUT2D eigenvalue weighted by atomic mass is 10.2. The van der Waals surface area contributed by atoms with E-state index < -0.39 is 5.92 Å². The van der Waals surface area contributed by atoms with Crippen LogP contribution in [0.15, 0.2) is 0 Å². The summed E-state index contributed by atoms with van der Waals surface area (Å²) >= 11 is 0. The van der Waals surface area contributed by atoms with Crippen molar-refractivity contribution < 1.29 is 13.6 Å². The maximum absolute atomic E-state index is 11.5. The standard InChI is InChI=1S/C6H11NO.C5H11N.C3H5F2N/c1-6-2-3-7(4-6)5-8;1-6-4-2-3-5-6;4-3(5)1-6-2-3/h5-6H,2-4H2,1H3;2-5H2,1H3;6H,1-2H2. The molecule has 1 amide bonds. The summed E-state index contributed by atoms with van der Waals surface area (Å²) in [6.07, 6.45) is 4.94. The van der Waals surface area contributed by atoms with E-state index in [0.29, 0.717) is 0 Å². The van der Waals surface area contributed by atoms with Crippen molar-refractivity contribution in [3.8, 4) is 0 Å². The van der Waals surface area contributed by atoms with E-state index in [2.05, 4.69) is 24.2 Å². The molecule has 3 heterocycles. The Morgan fingerprint density at radius 2 is 1.75 bits per heavy atom. The first kappa shape index (κ1) is 17.3. The van der Waals surface area contributed by atoms with Crippen LogP contribution in [0.3, 0.4) is 0 Å². The van der Waals surface area contributed by atoms with Gasteiger partial charge in [0.05, 0.1) is 13.1 Å². The van der Waals surface area contributed by atoms with Crippen molar-refractivity contribution in [2.75, 3.05) is 46.3 Å². The second kappa shape index (κ2) is 8.52. The second-order valence-electron chi connectivity index (χ2n) is 5.96. The number of likely N-dealkylation sites (tertiary alicyclic amines) is 2. The summed E-state index contributed by atoms with van der Waals surface area (Å²) in [5.74, 6) is -1.67. The Morgan fingerprint density at radius 1 is 1.20 bits per heavy atom. The van der Waals surface area contributed by atoms with Gasteiger partial charge in [0.25, 0.3) is 5.92 Å². The van der Waals surface area contributed by atoms with E-state index >= 15 is 0 Å². The van der Waals surface area contributed by atoms with E-state index in [1.165, 1.54) is 32.4 Å². The van der Waals surface area contributed by atoms with Gasteiger partial charge >= 0.3 is 0 Å². The highest BCUT2D eigenvalue weighted by Gasteiger charge is 2.36. The Labute approximate surface area is 120 Å². The summed E-state index contributed by atoms with van der Waals surface area (Å²) < 4.78 is 23.0. The highest BCUT2D eigenvalue weighted by atomic mass is 19.3. The van der Waals surface area contributed by atoms with E-state index in [1.807, 2.05) is 4.90 Å². The lowest BCUT2D eigenvalue weighted by molar-refractivity contribution is -0.117. The van der Waals surface area contributed by atoms with Gasteiger partial charge in [0, 0.05) is 13.1 Å². The highest BCUT2D eigenvalue weighted by Crippen LogP contribution is 2.16. The number of amides is 1. The van der Waals surface area contributed by atoms with Gasteiger partial charge in [-0.3, -0.25) is 4.79 Å². The van der Waals surface area contributed by atoms with E-state index in [-0.39, 0.29) is 13.1 Å². The molecule has 0 radical (unpaired) electrons. The van der Waals surface area contributed by atoms with Crippen molar-refractivity contribution >= 4 is 6.41 Å². The summed E-state index contributed by atoms with van der Waals surface area (Å²) in [7, 11) is 2.17. The van der Waals surface area contributed by atoms with Gasteiger partial charge in [0.1, 0.15) is 0 Å². The van der Waals surface area contributed by atoms with Crippen molar-refractivity contribution in [3.63, 3.8) is 0 Å². The van der Waals surface area contributed by atoms with E-state index in [1.54, 1.807) is 0 Å². The minimum absolute atomic E-state index is 0.132. The van der Waals surface area contributed by atoms with Crippen LogP contribution in [0.4, 0.5) is 8.78 Å². The average molecular weight is 291 g/mol. The fourth-order valence-electron chi connectivity index (χ4n) is 2.25. The summed E-state index contributed by atoms with van der Waals surface area (Å²) in [5, 5.41) is 2.45. The van der Waals surface area contributed by atoms with Gasteiger partial charge in [-0.2, -0.15) is 0 Å². The minimum atomic E-state index is -2.39. The lowest BCUT2D eigenvalue weighted by Gasteiger charge is -2.25. The molecule has 3 aliphatic heterocycles. The van der Waals surface area contributed by atoms with Gasteiger partial charge in [-0.05, 0) is 45.3 Å². The van der Waals surface area contributed by atoms with Crippen LogP contribution in [-0.4, -0.2) is 68.4 Å². The van der Waals surface area contributed by atoms with Crippen LogP contribution in [0.1, 0.15) is 26.2 Å². The molecule has 3 saturated heterocycles. The van der Waals surface area contributed by atoms with E-state index in [4.69, 9.17) is 0 Å². The maximum atomic E-state index is 11.5. The predicted octanol–water partition coefficient (Wildman–Crippen LogP) is 1.42. The molecule has 1 atom stereocenters. The molecule has 6 heteroatoms. The largest absolute Gasteiger partial charge is 0.345 e. The van der Waals surface area contributed by atoms with Crippen LogP contribution in [0, 0.1) is 5.92 Å². The van der Waals surface area contributed by atoms with Crippen LogP contribution in [-0.2, 0) is 4.79 Å². The van der Waals surface area contributed by atoms with Crippen molar-refractivity contribution in [3.05, 3.63) is 0 Å². The lowest BCUT2D eigenvalue weighted by Crippen LogP contribution is -2.52. The van der Waals surface area contributed by atoms with Gasteiger partial charge in [-0.25, -0.2) is 8.78 Å². The van der Waals surface area contributed by atoms with Crippen molar-refractivity contribution in [2.24, 2.45) is 5.92 Å². The topological polar surface area (TPSA) is 35.6 Å². The Bertz CT molecular complexity index is 278. The number of nitrogens with one attached hydrogen (secondary N) is 1. The molecule has 1 unspecified atom stereocenters. The maximum Gasteiger partial charge on any atom is 0.272 e. The Hall–Kier alpha value is -0.750. The number of rotatable bonds is 1. The van der Waals surface area contributed by atoms with Crippen molar-refractivity contribution in [1.29, 1.82) is 0 Å². The molecule has 0 aromatic heterocycles. The van der Waals surface area contributed by atoms with Crippen LogP contribution >= 0.6 is 0 Å². The number of hydrogen-bond donors (Lipinski definition) is 1. The van der Waals surface area contributed by atoms with Gasteiger partial charge in [-0.15, -0.1) is 0 Å². The third-order valence-corrected chi connectivity index (χ3v) is 3.70. The monoisotopic (exact) mass is 291 g/mol. The molecule has 0 spiro atoms. The van der Waals surface area contributed by atoms with Crippen molar-refractivity contribution in [2.45, 2.75) is 32.1 Å². The number of alkyl halides is 2. The average Bonchev–Trinajstić information content (AvgIpc) is 3.00. The van der Waals surface area contributed by atoms with Crippen LogP contribution < -0.4 is 5.32 Å². The molecule has 20 heavy (non-hydrogen) atoms. The zero-order valence-electron chi connectivity index (χ0n) is 12.6. The quantitative estimate of drug-likeness (QED) is 0.742. The first-order valence-electron chi connectivity index (χ1n) is 7.39. The fraction of sp³-hybridized carbons (Fsp3) is 0.929. The number of nitrogens with zero attached hydrogens (tertiary/aromatic N) is 2. The Kier molecular flexibility index (Phi) is 7.37. The van der Waals surface area contributed by atoms with Crippen LogP contribution in [0.2, 0.25) is 0 Å². The van der Waals surface area contributed by atoms with Crippen molar-refractivity contribution in [1.82, 2.24) is 15.1 Å². The smallest absolute Gasteiger partial charge is 0.272 e. The normalized spacial score (nSPS) is 27.8. The molecule has 3 fully saturated rings. The molecule has 0 aromatic carbocycles. The summed E-state index contributed by atoms with van der Waals surface area (Å²) in [5.41, 5.74) is 0. The fourth-order valence-corrected chi connectivity index (χ4v) is 2.25. The Morgan fingerprint density at radius 3 is 1.90 bits per heavy atom. The second-order valence-corrected chi connectivity index (χ2v) is 5.96. The third kappa shape index (κ3) is 7.14. The SMILES string of the molecule is CC1CCN(C=O)C1.CN1CCCC1.FC1(F)CNC1. The predicted molar refractivity (Wildman–Crippen MR) is 76.0 cm³/mol. The zero-order chi connectivity index (χ0) is 15.0. The van der Waals surface area contributed by atoms with Crippen LogP contribution in [0.5, 0.6) is 0 Å². The molecule has 1 N–H and O–H groups in total. The minimum Gasteiger partial charge on any atom is -0.345 e. The molecule has 0 saturated carbocycles. The van der Waals surface area contributed by atoms with E-state index in [0.717, 1.165) is 25.4 Å². The van der Waals surface area contributed by atoms with Gasteiger partial charge in [0.2, 0.25) is 6.41 Å². The van der Waals surface area contributed by atoms with Gasteiger partial charge < -0.3 is 15.1 Å². The number of carbonyl (C=O) groups is 1. The molecule has 118 valence electrons. The number of carbonyl (C=O) groups excluding carboxylic acids is 1. The van der Waals surface area contributed by atoms with Gasteiger partial charge in [-0.1, -0.05) is 6.92 Å². The number of hydrogen-bond acceptors (Lipinski definition) is 3. The molecule has 3 aliphatic rings. The summed E-state index contributed by atoms with van der Waals surface area (Å²) in [4.78, 5) is 14.3. The highest BCUT2D eigenvalue weighted by molar-refractivity contribution is 5.47. The first-order valence-corrected chi connectivity index (χ1v) is 7.39. The molecule has 3 rings (SSSR count). The molecular weight excluding hydrogens is 264 g/mol. The molecular formula is C14H27F2N3O. The molecule has 0 bridgehead atoms. The van der Waals surface area contributed by atoms with E-state index in [9.17, 15) is 13.6 Å². The zero-order valence-corrected chi connectivity index (χ0v) is 12.6.